The first kappa shape index (κ1) is 19.5. The third-order valence-corrected chi connectivity index (χ3v) is 4.38. The van der Waals surface area contributed by atoms with E-state index in [0.29, 0.717) is 5.41 Å². The maximum Gasteiger partial charge on any atom is 0.244 e. The van der Waals surface area contributed by atoms with Gasteiger partial charge in [0.25, 0.3) is 0 Å². The second-order valence-corrected chi connectivity index (χ2v) is 6.95. The van der Waals surface area contributed by atoms with Gasteiger partial charge in [-0.1, -0.05) is 13.8 Å². The Morgan fingerprint density at radius 2 is 1.82 bits per heavy atom. The van der Waals surface area contributed by atoms with Crippen LogP contribution in [0.15, 0.2) is 4.99 Å². The van der Waals surface area contributed by atoms with Crippen molar-refractivity contribution in [1.82, 2.24) is 15.1 Å². The molecule has 0 bridgehead atoms. The molecule has 0 atom stereocenters. The van der Waals surface area contributed by atoms with Gasteiger partial charge in [0.1, 0.15) is 6.54 Å². The number of carbonyl (C=O) groups excluding carboxylic acids is 1. The SMILES string of the molecule is CCNC(=NCC(=O)N1CCCCC1)N1CCC(C)(C)C1.I. The normalized spacial score (nSPS) is 21.5. The quantitative estimate of drug-likeness (QED) is 0.432. The van der Waals surface area contributed by atoms with Crippen molar-refractivity contribution < 1.29 is 4.79 Å². The van der Waals surface area contributed by atoms with Gasteiger partial charge in [0.05, 0.1) is 0 Å². The van der Waals surface area contributed by atoms with E-state index in [0.717, 1.165) is 51.5 Å². The topological polar surface area (TPSA) is 47.9 Å². The van der Waals surface area contributed by atoms with Gasteiger partial charge in [-0.2, -0.15) is 0 Å². The van der Waals surface area contributed by atoms with Crippen LogP contribution < -0.4 is 5.32 Å². The Morgan fingerprint density at radius 1 is 1.14 bits per heavy atom. The first-order valence-electron chi connectivity index (χ1n) is 8.33. The van der Waals surface area contributed by atoms with Gasteiger partial charge in [0, 0.05) is 32.7 Å². The first-order chi connectivity index (χ1) is 10.0. The van der Waals surface area contributed by atoms with Crippen LogP contribution >= 0.6 is 24.0 Å². The highest BCUT2D eigenvalue weighted by molar-refractivity contribution is 14.0. The highest BCUT2D eigenvalue weighted by atomic mass is 127. The number of nitrogens with one attached hydrogen (secondary N) is 1. The van der Waals surface area contributed by atoms with Crippen molar-refractivity contribution >= 4 is 35.8 Å². The molecule has 6 heteroatoms. The average molecular weight is 422 g/mol. The average Bonchev–Trinajstić information content (AvgIpc) is 2.84. The fourth-order valence-corrected chi connectivity index (χ4v) is 3.10. The van der Waals surface area contributed by atoms with Gasteiger partial charge in [0.15, 0.2) is 5.96 Å². The van der Waals surface area contributed by atoms with Crippen molar-refractivity contribution in [3.05, 3.63) is 0 Å². The molecule has 0 aromatic carbocycles. The number of nitrogens with zero attached hydrogens (tertiary/aromatic N) is 3. The molecule has 0 spiro atoms. The number of halogens is 1. The zero-order chi connectivity index (χ0) is 15.3. The molecule has 0 radical (unpaired) electrons. The molecule has 0 saturated carbocycles. The highest BCUT2D eigenvalue weighted by Crippen LogP contribution is 2.28. The Kier molecular flexibility index (Phi) is 7.93. The lowest BCUT2D eigenvalue weighted by molar-refractivity contribution is -0.130. The standard InChI is InChI=1S/C16H30N4O.HI/c1-4-17-15(20-11-8-16(2,3)13-20)18-12-14(21)19-9-6-5-7-10-19;/h4-13H2,1-3H3,(H,17,18);1H. The summed E-state index contributed by atoms with van der Waals surface area (Å²) in [6.45, 7) is 11.6. The van der Waals surface area contributed by atoms with Crippen molar-refractivity contribution in [3.63, 3.8) is 0 Å². The van der Waals surface area contributed by atoms with Crippen LogP contribution in [0.5, 0.6) is 0 Å². The van der Waals surface area contributed by atoms with Crippen LogP contribution in [-0.4, -0.2) is 60.9 Å². The molecule has 2 heterocycles. The van der Waals surface area contributed by atoms with Gasteiger partial charge < -0.3 is 15.1 Å². The van der Waals surface area contributed by atoms with Crippen LogP contribution in [0.3, 0.4) is 0 Å². The molecule has 0 aromatic heterocycles. The lowest BCUT2D eigenvalue weighted by Gasteiger charge is -2.27. The van der Waals surface area contributed by atoms with Crippen LogP contribution in [0.4, 0.5) is 0 Å². The zero-order valence-electron chi connectivity index (χ0n) is 14.2. The Labute approximate surface area is 151 Å². The van der Waals surface area contributed by atoms with Crippen molar-refractivity contribution in [2.45, 2.75) is 46.5 Å². The Morgan fingerprint density at radius 3 is 2.36 bits per heavy atom. The van der Waals surface area contributed by atoms with E-state index in [1.54, 1.807) is 0 Å². The number of hydrogen-bond acceptors (Lipinski definition) is 2. The molecule has 128 valence electrons. The van der Waals surface area contributed by atoms with Gasteiger partial charge in [-0.25, -0.2) is 4.99 Å². The van der Waals surface area contributed by atoms with Crippen LogP contribution in [0.25, 0.3) is 0 Å². The van der Waals surface area contributed by atoms with E-state index >= 15 is 0 Å². The summed E-state index contributed by atoms with van der Waals surface area (Å²) in [6, 6.07) is 0. The van der Waals surface area contributed by atoms with Gasteiger partial charge in [-0.15, -0.1) is 24.0 Å². The number of likely N-dealkylation sites (tertiary alicyclic amines) is 2. The lowest BCUT2D eigenvalue weighted by atomic mass is 9.93. The fraction of sp³-hybridized carbons (Fsp3) is 0.875. The summed E-state index contributed by atoms with van der Waals surface area (Å²) in [5, 5.41) is 3.33. The molecule has 1 amide bonds. The third-order valence-electron chi connectivity index (χ3n) is 4.38. The molecule has 5 nitrogen and oxygen atoms in total. The Bertz CT molecular complexity index is 392. The van der Waals surface area contributed by atoms with Gasteiger partial charge in [-0.3, -0.25) is 4.79 Å². The molecule has 0 aliphatic carbocycles. The second kappa shape index (κ2) is 8.93. The van der Waals surface area contributed by atoms with E-state index in [1.807, 2.05) is 4.90 Å². The maximum atomic E-state index is 12.2. The molecule has 2 fully saturated rings. The molecule has 2 rings (SSSR count). The predicted molar refractivity (Wildman–Crippen MR) is 102 cm³/mol. The van der Waals surface area contributed by atoms with Crippen molar-refractivity contribution in [3.8, 4) is 0 Å². The molecule has 2 saturated heterocycles. The van der Waals surface area contributed by atoms with Gasteiger partial charge in [0.2, 0.25) is 5.91 Å². The van der Waals surface area contributed by atoms with Crippen molar-refractivity contribution in [1.29, 1.82) is 0 Å². The number of carbonyl (C=O) groups is 1. The largest absolute Gasteiger partial charge is 0.357 e. The number of piperidine rings is 1. The van der Waals surface area contributed by atoms with Crippen molar-refractivity contribution in [2.75, 3.05) is 39.3 Å². The number of rotatable bonds is 3. The second-order valence-electron chi connectivity index (χ2n) is 6.95. The molecule has 1 N–H and O–H groups in total. The molecule has 2 aliphatic rings. The minimum Gasteiger partial charge on any atom is -0.357 e. The number of aliphatic imine (C=N–C) groups is 1. The Balaban J connectivity index is 0.00000242. The third kappa shape index (κ3) is 5.59. The molecular weight excluding hydrogens is 391 g/mol. The predicted octanol–water partition coefficient (Wildman–Crippen LogP) is 2.31. The van der Waals surface area contributed by atoms with Crippen LogP contribution in [-0.2, 0) is 4.79 Å². The van der Waals surface area contributed by atoms with Crippen LogP contribution in [0.1, 0.15) is 46.5 Å². The first-order valence-corrected chi connectivity index (χ1v) is 8.33. The maximum absolute atomic E-state index is 12.2. The molecule has 22 heavy (non-hydrogen) atoms. The fourth-order valence-electron chi connectivity index (χ4n) is 3.10. The van der Waals surface area contributed by atoms with E-state index in [9.17, 15) is 4.79 Å². The van der Waals surface area contributed by atoms with E-state index in [4.69, 9.17) is 0 Å². The summed E-state index contributed by atoms with van der Waals surface area (Å²) in [5.41, 5.74) is 0.340. The number of hydrogen-bond donors (Lipinski definition) is 1. The van der Waals surface area contributed by atoms with Gasteiger partial charge >= 0.3 is 0 Å². The number of guanidine groups is 1. The van der Waals surface area contributed by atoms with Crippen LogP contribution in [0, 0.1) is 5.41 Å². The summed E-state index contributed by atoms with van der Waals surface area (Å²) < 4.78 is 0. The Hall–Kier alpha value is -0.530. The van der Waals surface area contributed by atoms with E-state index in [1.165, 1.54) is 12.8 Å². The zero-order valence-corrected chi connectivity index (χ0v) is 16.6. The van der Waals surface area contributed by atoms with E-state index in [-0.39, 0.29) is 36.4 Å². The molecule has 2 aliphatic heterocycles. The molecule has 0 unspecified atom stereocenters. The smallest absolute Gasteiger partial charge is 0.244 e. The highest BCUT2D eigenvalue weighted by Gasteiger charge is 2.31. The summed E-state index contributed by atoms with van der Waals surface area (Å²) in [7, 11) is 0. The van der Waals surface area contributed by atoms with Crippen LogP contribution in [0.2, 0.25) is 0 Å². The monoisotopic (exact) mass is 422 g/mol. The minimum absolute atomic E-state index is 0. The summed E-state index contributed by atoms with van der Waals surface area (Å²) in [5.74, 6) is 1.07. The van der Waals surface area contributed by atoms with Crippen molar-refractivity contribution in [2.24, 2.45) is 10.4 Å². The molecule has 0 aromatic rings. The minimum atomic E-state index is 0. The van der Waals surface area contributed by atoms with E-state index < -0.39 is 0 Å². The van der Waals surface area contributed by atoms with E-state index in [2.05, 4.69) is 36.0 Å². The summed E-state index contributed by atoms with van der Waals surface area (Å²) in [6.07, 6.45) is 4.70. The summed E-state index contributed by atoms with van der Waals surface area (Å²) in [4.78, 5) is 21.0. The van der Waals surface area contributed by atoms with Gasteiger partial charge in [-0.05, 0) is 38.0 Å². The molecular formula is C16H31IN4O. The lowest BCUT2D eigenvalue weighted by Crippen LogP contribution is -2.42. The summed E-state index contributed by atoms with van der Waals surface area (Å²) >= 11 is 0. The number of amides is 1.